The summed E-state index contributed by atoms with van der Waals surface area (Å²) in [5, 5.41) is 2.83. The standard InChI is InChI=1S/C24H26N2O4S/c1-17-8-7-9-18(2)23(17)26(31(4,28)29)16-19-12-14-20(15-13-19)24(27)25-21-10-5-6-11-22(21)30-3/h5-15H,16H2,1-4H3,(H,25,27). The van der Waals surface area contributed by atoms with E-state index in [4.69, 9.17) is 4.74 Å². The van der Waals surface area contributed by atoms with Crippen LogP contribution in [0.2, 0.25) is 0 Å². The Labute approximate surface area is 183 Å². The second-order valence-corrected chi connectivity index (χ2v) is 9.27. The molecule has 0 aliphatic carbocycles. The SMILES string of the molecule is COc1ccccc1NC(=O)c1ccc(CN(c2c(C)cccc2C)S(C)(=O)=O)cc1. The van der Waals surface area contributed by atoms with Gasteiger partial charge in [-0.3, -0.25) is 9.10 Å². The number of methoxy groups -OCH3 is 1. The van der Waals surface area contributed by atoms with E-state index in [1.807, 2.05) is 44.2 Å². The topological polar surface area (TPSA) is 75.7 Å². The minimum Gasteiger partial charge on any atom is -0.495 e. The van der Waals surface area contributed by atoms with E-state index in [9.17, 15) is 13.2 Å². The Kier molecular flexibility index (Phi) is 6.65. The molecule has 0 saturated heterocycles. The number of carbonyl (C=O) groups is 1. The van der Waals surface area contributed by atoms with Crippen molar-refractivity contribution in [1.82, 2.24) is 0 Å². The fourth-order valence-corrected chi connectivity index (χ4v) is 4.43. The Balaban J connectivity index is 1.82. The molecular formula is C24H26N2O4S. The maximum Gasteiger partial charge on any atom is 0.255 e. The van der Waals surface area contributed by atoms with Crippen LogP contribution in [-0.2, 0) is 16.6 Å². The molecular weight excluding hydrogens is 412 g/mol. The maximum absolute atomic E-state index is 12.6. The molecule has 0 radical (unpaired) electrons. The molecule has 0 aliphatic heterocycles. The van der Waals surface area contributed by atoms with E-state index < -0.39 is 10.0 Å². The van der Waals surface area contributed by atoms with Gasteiger partial charge in [-0.25, -0.2) is 8.42 Å². The second-order valence-electron chi connectivity index (χ2n) is 7.36. The third-order valence-electron chi connectivity index (χ3n) is 4.99. The summed E-state index contributed by atoms with van der Waals surface area (Å²) in [6.07, 6.45) is 1.20. The second kappa shape index (κ2) is 9.22. The number of anilines is 2. The van der Waals surface area contributed by atoms with Gasteiger partial charge >= 0.3 is 0 Å². The molecule has 0 saturated carbocycles. The molecule has 0 atom stereocenters. The van der Waals surface area contributed by atoms with E-state index in [-0.39, 0.29) is 12.5 Å². The molecule has 3 aromatic carbocycles. The zero-order chi connectivity index (χ0) is 22.6. The van der Waals surface area contributed by atoms with Crippen LogP contribution in [0.3, 0.4) is 0 Å². The lowest BCUT2D eigenvalue weighted by Gasteiger charge is -2.26. The molecule has 0 heterocycles. The number of benzene rings is 3. The minimum absolute atomic E-state index is 0.179. The van der Waals surface area contributed by atoms with E-state index in [1.54, 1.807) is 43.5 Å². The van der Waals surface area contributed by atoms with Gasteiger partial charge in [0.1, 0.15) is 5.75 Å². The highest BCUT2D eigenvalue weighted by atomic mass is 32.2. The Hall–Kier alpha value is -3.32. The molecule has 3 aromatic rings. The lowest BCUT2D eigenvalue weighted by atomic mass is 10.1. The van der Waals surface area contributed by atoms with Crippen molar-refractivity contribution in [2.45, 2.75) is 20.4 Å². The number of ether oxygens (including phenoxy) is 1. The molecule has 6 nitrogen and oxygen atoms in total. The summed E-state index contributed by atoms with van der Waals surface area (Å²) < 4.78 is 31.7. The molecule has 0 aromatic heterocycles. The highest BCUT2D eigenvalue weighted by Gasteiger charge is 2.21. The number of rotatable bonds is 7. The molecule has 0 spiro atoms. The number of aryl methyl sites for hydroxylation is 2. The first-order chi connectivity index (χ1) is 14.7. The van der Waals surface area contributed by atoms with Crippen LogP contribution in [0.1, 0.15) is 27.0 Å². The van der Waals surface area contributed by atoms with Crippen LogP contribution in [0, 0.1) is 13.8 Å². The zero-order valence-electron chi connectivity index (χ0n) is 18.0. The Bertz CT molecular complexity index is 1170. The first kappa shape index (κ1) is 22.4. The highest BCUT2D eigenvalue weighted by molar-refractivity contribution is 7.92. The monoisotopic (exact) mass is 438 g/mol. The molecule has 31 heavy (non-hydrogen) atoms. The molecule has 7 heteroatoms. The number of hydrogen-bond acceptors (Lipinski definition) is 4. The largest absolute Gasteiger partial charge is 0.495 e. The van der Waals surface area contributed by atoms with Gasteiger partial charge in [0.15, 0.2) is 0 Å². The summed E-state index contributed by atoms with van der Waals surface area (Å²) in [6, 6.07) is 19.8. The molecule has 0 unspecified atom stereocenters. The van der Waals surface area contributed by atoms with E-state index in [1.165, 1.54) is 10.6 Å². The molecule has 1 amide bonds. The van der Waals surface area contributed by atoms with Crippen molar-refractivity contribution in [3.63, 3.8) is 0 Å². The van der Waals surface area contributed by atoms with E-state index in [2.05, 4.69) is 5.32 Å². The fraction of sp³-hybridized carbons (Fsp3) is 0.208. The molecule has 0 aliphatic rings. The average molecular weight is 439 g/mol. The van der Waals surface area contributed by atoms with Crippen molar-refractivity contribution in [2.75, 3.05) is 23.0 Å². The van der Waals surface area contributed by atoms with Crippen LogP contribution in [-0.4, -0.2) is 27.7 Å². The third-order valence-corrected chi connectivity index (χ3v) is 6.10. The Morgan fingerprint density at radius 3 is 2.13 bits per heavy atom. The van der Waals surface area contributed by atoms with Gasteiger partial charge in [0.05, 0.1) is 31.3 Å². The van der Waals surface area contributed by atoms with Crippen molar-refractivity contribution in [2.24, 2.45) is 0 Å². The molecule has 0 bridgehead atoms. The minimum atomic E-state index is -3.50. The first-order valence-electron chi connectivity index (χ1n) is 9.78. The van der Waals surface area contributed by atoms with Crippen molar-refractivity contribution in [1.29, 1.82) is 0 Å². The summed E-state index contributed by atoms with van der Waals surface area (Å²) in [4.78, 5) is 12.6. The van der Waals surface area contributed by atoms with Crippen molar-refractivity contribution in [3.05, 3.63) is 89.0 Å². The lowest BCUT2D eigenvalue weighted by Crippen LogP contribution is -2.30. The zero-order valence-corrected chi connectivity index (χ0v) is 18.9. The molecule has 0 fully saturated rings. The van der Waals surface area contributed by atoms with Crippen molar-refractivity contribution >= 4 is 27.3 Å². The number of nitrogens with one attached hydrogen (secondary N) is 1. The first-order valence-corrected chi connectivity index (χ1v) is 11.6. The van der Waals surface area contributed by atoms with Crippen LogP contribution in [0.15, 0.2) is 66.7 Å². The summed E-state index contributed by atoms with van der Waals surface area (Å²) in [6.45, 7) is 3.97. The Morgan fingerprint density at radius 1 is 0.935 bits per heavy atom. The molecule has 3 rings (SSSR count). The number of hydrogen-bond donors (Lipinski definition) is 1. The van der Waals surface area contributed by atoms with Gasteiger partial charge in [-0.05, 0) is 54.8 Å². The summed E-state index contributed by atoms with van der Waals surface area (Å²) in [5.74, 6) is 0.302. The maximum atomic E-state index is 12.6. The number of sulfonamides is 1. The van der Waals surface area contributed by atoms with Crippen LogP contribution >= 0.6 is 0 Å². The van der Waals surface area contributed by atoms with Gasteiger partial charge < -0.3 is 10.1 Å². The van der Waals surface area contributed by atoms with Crippen LogP contribution in [0.4, 0.5) is 11.4 Å². The van der Waals surface area contributed by atoms with Gasteiger partial charge in [0.25, 0.3) is 5.91 Å². The lowest BCUT2D eigenvalue weighted by molar-refractivity contribution is 0.102. The van der Waals surface area contributed by atoms with Crippen LogP contribution in [0.25, 0.3) is 0 Å². The summed E-state index contributed by atoms with van der Waals surface area (Å²) in [5.41, 5.74) is 4.28. The van der Waals surface area contributed by atoms with E-state index in [0.29, 0.717) is 22.7 Å². The van der Waals surface area contributed by atoms with Crippen molar-refractivity contribution < 1.29 is 17.9 Å². The van der Waals surface area contributed by atoms with E-state index >= 15 is 0 Å². The predicted octanol–water partition coefficient (Wildman–Crippen LogP) is 4.53. The summed E-state index contributed by atoms with van der Waals surface area (Å²) >= 11 is 0. The fourth-order valence-electron chi connectivity index (χ4n) is 3.43. The number of para-hydroxylation sites is 3. The quantitative estimate of drug-likeness (QED) is 0.588. The van der Waals surface area contributed by atoms with Crippen LogP contribution < -0.4 is 14.4 Å². The third kappa shape index (κ3) is 5.24. The van der Waals surface area contributed by atoms with Gasteiger partial charge in [0, 0.05) is 5.56 Å². The average Bonchev–Trinajstić information content (AvgIpc) is 2.73. The molecule has 162 valence electrons. The number of amides is 1. The summed E-state index contributed by atoms with van der Waals surface area (Å²) in [7, 11) is -1.95. The van der Waals surface area contributed by atoms with Crippen LogP contribution in [0.5, 0.6) is 5.75 Å². The van der Waals surface area contributed by atoms with Gasteiger partial charge in [0.2, 0.25) is 10.0 Å². The number of nitrogens with zero attached hydrogens (tertiary/aromatic N) is 1. The highest BCUT2D eigenvalue weighted by Crippen LogP contribution is 2.29. The van der Waals surface area contributed by atoms with Gasteiger partial charge in [-0.15, -0.1) is 0 Å². The number of carbonyl (C=O) groups excluding carboxylic acids is 1. The van der Waals surface area contributed by atoms with Gasteiger partial charge in [-0.1, -0.05) is 42.5 Å². The van der Waals surface area contributed by atoms with Gasteiger partial charge in [-0.2, -0.15) is 0 Å². The van der Waals surface area contributed by atoms with E-state index in [0.717, 1.165) is 16.7 Å². The van der Waals surface area contributed by atoms with Crippen molar-refractivity contribution in [3.8, 4) is 5.75 Å². The predicted molar refractivity (Wildman–Crippen MR) is 124 cm³/mol. The normalized spacial score (nSPS) is 11.1. The Morgan fingerprint density at radius 2 is 1.55 bits per heavy atom. The molecule has 1 N–H and O–H groups in total. The smallest absolute Gasteiger partial charge is 0.255 e.